The van der Waals surface area contributed by atoms with E-state index >= 15 is 0 Å². The molecule has 0 bridgehead atoms. The van der Waals surface area contributed by atoms with Gasteiger partial charge >= 0.3 is 0 Å². The molecule has 2 rings (SSSR count). The van der Waals surface area contributed by atoms with Crippen molar-refractivity contribution in [2.24, 2.45) is 0 Å². The van der Waals surface area contributed by atoms with E-state index in [2.05, 4.69) is 12.2 Å². The predicted molar refractivity (Wildman–Crippen MR) is 86.1 cm³/mol. The average molecular weight is 306 g/mol. The van der Waals surface area contributed by atoms with E-state index in [-0.39, 0.29) is 17.8 Å². The summed E-state index contributed by atoms with van der Waals surface area (Å²) in [5.41, 5.74) is 1.92. The van der Waals surface area contributed by atoms with E-state index in [0.29, 0.717) is 0 Å². The minimum Gasteiger partial charge on any atom is -0.508 e. The average Bonchev–Trinajstić information content (AvgIpc) is 2.47. The molecule has 0 spiro atoms. The Labute approximate surface area is 130 Å². The Morgan fingerprint density at radius 1 is 1.10 bits per heavy atom. The molecule has 0 saturated heterocycles. The fourth-order valence-corrected chi connectivity index (χ4v) is 2.54. The third-order valence-electron chi connectivity index (χ3n) is 3.55. The second-order valence-electron chi connectivity index (χ2n) is 5.09. The maximum absolute atomic E-state index is 10.0. The van der Waals surface area contributed by atoms with Crippen LogP contribution in [0.15, 0.2) is 42.5 Å². The molecule has 21 heavy (non-hydrogen) atoms. The second-order valence-corrected chi connectivity index (χ2v) is 5.53. The molecule has 0 fully saturated rings. The van der Waals surface area contributed by atoms with Crippen LogP contribution in [0.25, 0.3) is 0 Å². The number of phenols is 1. The number of benzene rings is 2. The van der Waals surface area contributed by atoms with Crippen LogP contribution in [0.5, 0.6) is 11.5 Å². The Morgan fingerprint density at radius 3 is 2.52 bits per heavy atom. The van der Waals surface area contributed by atoms with Gasteiger partial charge < -0.3 is 15.2 Å². The molecule has 2 aromatic carbocycles. The van der Waals surface area contributed by atoms with Crippen LogP contribution in [-0.2, 0) is 0 Å². The highest BCUT2D eigenvalue weighted by Gasteiger charge is 2.15. The Morgan fingerprint density at radius 2 is 1.86 bits per heavy atom. The first-order valence-corrected chi connectivity index (χ1v) is 7.27. The van der Waals surface area contributed by atoms with E-state index < -0.39 is 0 Å². The molecular formula is C17H20ClNO2. The van der Waals surface area contributed by atoms with Crippen LogP contribution < -0.4 is 10.1 Å². The Balaban J connectivity index is 2.15. The van der Waals surface area contributed by atoms with Gasteiger partial charge in [-0.1, -0.05) is 23.7 Å². The van der Waals surface area contributed by atoms with Gasteiger partial charge in [-0.15, -0.1) is 0 Å². The molecular weight excluding hydrogens is 286 g/mol. The summed E-state index contributed by atoms with van der Waals surface area (Å²) >= 11 is 6.02. The smallest absolute Gasteiger partial charge is 0.120 e. The number of methoxy groups -OCH3 is 1. The van der Waals surface area contributed by atoms with Crippen molar-refractivity contribution in [1.29, 1.82) is 0 Å². The van der Waals surface area contributed by atoms with Crippen molar-refractivity contribution in [1.82, 2.24) is 5.32 Å². The quantitative estimate of drug-likeness (QED) is 0.856. The van der Waals surface area contributed by atoms with Crippen molar-refractivity contribution >= 4 is 11.6 Å². The number of hydrogen-bond acceptors (Lipinski definition) is 3. The molecule has 2 atom stereocenters. The molecule has 0 aliphatic rings. The van der Waals surface area contributed by atoms with Crippen LogP contribution in [-0.4, -0.2) is 12.2 Å². The Kier molecular flexibility index (Phi) is 5.10. The van der Waals surface area contributed by atoms with Crippen molar-refractivity contribution in [3.05, 3.63) is 58.6 Å². The lowest BCUT2D eigenvalue weighted by molar-refractivity contribution is 0.405. The van der Waals surface area contributed by atoms with Gasteiger partial charge in [0, 0.05) is 22.7 Å². The first-order valence-electron chi connectivity index (χ1n) is 6.89. The Hall–Kier alpha value is -1.71. The lowest BCUT2D eigenvalue weighted by Crippen LogP contribution is -2.22. The van der Waals surface area contributed by atoms with E-state index in [4.69, 9.17) is 16.3 Å². The summed E-state index contributed by atoms with van der Waals surface area (Å²) in [7, 11) is 1.61. The lowest BCUT2D eigenvalue weighted by Gasteiger charge is -2.22. The van der Waals surface area contributed by atoms with Gasteiger partial charge in [0.2, 0.25) is 0 Å². The fraction of sp³-hybridized carbons (Fsp3) is 0.294. The number of aromatic hydroxyl groups is 1. The summed E-state index contributed by atoms with van der Waals surface area (Å²) in [5.74, 6) is 0.987. The van der Waals surface area contributed by atoms with Crippen LogP contribution in [0.4, 0.5) is 0 Å². The predicted octanol–water partition coefficient (Wildman–Crippen LogP) is 4.47. The highest BCUT2D eigenvalue weighted by Crippen LogP contribution is 2.30. The normalized spacial score (nSPS) is 13.7. The number of nitrogens with one attached hydrogen (secondary N) is 1. The zero-order valence-corrected chi connectivity index (χ0v) is 13.2. The SMILES string of the molecule is COc1ccc(O)c(C(C)NC(C)c2cccc(Cl)c2)c1. The van der Waals surface area contributed by atoms with Crippen LogP contribution in [0, 0.1) is 0 Å². The number of halogens is 1. The molecule has 4 heteroatoms. The van der Waals surface area contributed by atoms with Gasteiger partial charge in [-0.2, -0.15) is 0 Å². The number of phenolic OH excluding ortho intramolecular Hbond substituents is 1. The van der Waals surface area contributed by atoms with E-state index in [1.807, 2.05) is 37.3 Å². The topological polar surface area (TPSA) is 41.5 Å². The molecule has 2 N–H and O–H groups in total. The van der Waals surface area contributed by atoms with E-state index in [9.17, 15) is 5.11 Å². The van der Waals surface area contributed by atoms with Gasteiger partial charge in [0.05, 0.1) is 7.11 Å². The second kappa shape index (κ2) is 6.83. The van der Waals surface area contributed by atoms with Gasteiger partial charge in [0.1, 0.15) is 11.5 Å². The van der Waals surface area contributed by atoms with Gasteiger partial charge in [0.15, 0.2) is 0 Å². The van der Waals surface area contributed by atoms with Crippen molar-refractivity contribution in [3.63, 3.8) is 0 Å². The van der Waals surface area contributed by atoms with Gasteiger partial charge in [-0.25, -0.2) is 0 Å². The molecule has 0 aromatic heterocycles. The third kappa shape index (κ3) is 3.90. The summed E-state index contributed by atoms with van der Waals surface area (Å²) in [6.45, 7) is 4.08. The van der Waals surface area contributed by atoms with Crippen LogP contribution >= 0.6 is 11.6 Å². The maximum atomic E-state index is 10.0. The molecule has 0 heterocycles. The molecule has 3 nitrogen and oxygen atoms in total. The minimum absolute atomic E-state index is 0.0194. The highest BCUT2D eigenvalue weighted by atomic mass is 35.5. The molecule has 0 saturated carbocycles. The summed E-state index contributed by atoms with van der Waals surface area (Å²) in [6.07, 6.45) is 0. The first-order chi connectivity index (χ1) is 10.0. The third-order valence-corrected chi connectivity index (χ3v) is 3.78. The minimum atomic E-state index is -0.0194. The van der Waals surface area contributed by atoms with Crippen molar-refractivity contribution in [3.8, 4) is 11.5 Å². The van der Waals surface area contributed by atoms with Crippen molar-refractivity contribution in [2.45, 2.75) is 25.9 Å². The lowest BCUT2D eigenvalue weighted by atomic mass is 10.0. The molecule has 0 aliphatic heterocycles. The van der Waals surface area contributed by atoms with E-state index in [1.165, 1.54) is 0 Å². The van der Waals surface area contributed by atoms with E-state index in [0.717, 1.165) is 21.9 Å². The molecule has 2 unspecified atom stereocenters. The van der Waals surface area contributed by atoms with Crippen molar-refractivity contribution < 1.29 is 9.84 Å². The summed E-state index contributed by atoms with van der Waals surface area (Å²) in [5, 5.41) is 14.2. The summed E-state index contributed by atoms with van der Waals surface area (Å²) in [6, 6.07) is 13.1. The number of rotatable bonds is 5. The summed E-state index contributed by atoms with van der Waals surface area (Å²) < 4.78 is 5.21. The van der Waals surface area contributed by atoms with Crippen LogP contribution in [0.2, 0.25) is 5.02 Å². The monoisotopic (exact) mass is 305 g/mol. The summed E-state index contributed by atoms with van der Waals surface area (Å²) in [4.78, 5) is 0. The van der Waals surface area contributed by atoms with Crippen molar-refractivity contribution in [2.75, 3.05) is 7.11 Å². The van der Waals surface area contributed by atoms with Crippen LogP contribution in [0.3, 0.4) is 0 Å². The highest BCUT2D eigenvalue weighted by molar-refractivity contribution is 6.30. The first kappa shape index (κ1) is 15.7. The zero-order valence-electron chi connectivity index (χ0n) is 12.4. The molecule has 0 amide bonds. The standard InChI is InChI=1S/C17H20ClNO2/c1-11(13-5-4-6-14(18)9-13)19-12(2)16-10-15(21-3)7-8-17(16)20/h4-12,19-20H,1-3H3. The molecule has 0 radical (unpaired) electrons. The van der Waals surface area contributed by atoms with Gasteiger partial charge in [-0.05, 0) is 49.7 Å². The molecule has 0 aliphatic carbocycles. The maximum Gasteiger partial charge on any atom is 0.120 e. The fourth-order valence-electron chi connectivity index (χ4n) is 2.34. The Bertz CT molecular complexity index is 615. The van der Waals surface area contributed by atoms with Crippen LogP contribution in [0.1, 0.15) is 37.1 Å². The molecule has 112 valence electrons. The van der Waals surface area contributed by atoms with Gasteiger partial charge in [-0.3, -0.25) is 0 Å². The zero-order chi connectivity index (χ0) is 15.4. The van der Waals surface area contributed by atoms with E-state index in [1.54, 1.807) is 19.2 Å². The van der Waals surface area contributed by atoms with Gasteiger partial charge in [0.25, 0.3) is 0 Å². The number of hydrogen-bond donors (Lipinski definition) is 2. The number of ether oxygens (including phenoxy) is 1. The largest absolute Gasteiger partial charge is 0.508 e. The molecule has 2 aromatic rings.